The number of rotatable bonds is 1. The summed E-state index contributed by atoms with van der Waals surface area (Å²) < 4.78 is 8.90. The van der Waals surface area contributed by atoms with E-state index in [4.69, 9.17) is 4.74 Å². The molecular weight excluding hydrogens is 304 g/mol. The van der Waals surface area contributed by atoms with Gasteiger partial charge in [-0.1, -0.05) is 12.1 Å². The molecule has 0 saturated carbocycles. The summed E-state index contributed by atoms with van der Waals surface area (Å²) in [4.78, 5) is 25.5. The number of methoxy groups -OCH3 is 1. The van der Waals surface area contributed by atoms with Crippen molar-refractivity contribution in [3.63, 3.8) is 0 Å². The highest BCUT2D eigenvalue weighted by Crippen LogP contribution is 2.32. The number of hydrogen-bond donors (Lipinski definition) is 0. The first-order valence-electron chi connectivity index (χ1n) is 7.89. The Hall–Kier alpha value is -3.08. The lowest BCUT2D eigenvalue weighted by atomic mass is 10.1. The van der Waals surface area contributed by atoms with Crippen molar-refractivity contribution in [3.8, 4) is 5.75 Å². The smallest absolute Gasteiger partial charge is 0.279 e. The Bertz CT molecular complexity index is 1230. The van der Waals surface area contributed by atoms with Gasteiger partial charge in [0, 0.05) is 17.4 Å². The van der Waals surface area contributed by atoms with Gasteiger partial charge in [-0.05, 0) is 36.8 Å². The number of hydrogen-bond acceptors (Lipinski definition) is 3. The fourth-order valence-electron chi connectivity index (χ4n) is 3.82. The third-order valence-corrected chi connectivity index (χ3v) is 4.87. The number of ketones is 1. The van der Waals surface area contributed by atoms with Gasteiger partial charge in [0.2, 0.25) is 0 Å². The van der Waals surface area contributed by atoms with Crippen molar-refractivity contribution >= 4 is 27.6 Å². The van der Waals surface area contributed by atoms with Crippen LogP contribution in [0.15, 0.2) is 47.3 Å². The van der Waals surface area contributed by atoms with Gasteiger partial charge in [-0.25, -0.2) is 9.03 Å². The molecule has 0 radical (unpaired) electrons. The van der Waals surface area contributed by atoms with Crippen LogP contribution in [-0.2, 0) is 6.42 Å². The van der Waals surface area contributed by atoms with Gasteiger partial charge < -0.3 is 4.74 Å². The number of carbonyl (C=O) groups is 1. The molecule has 0 amide bonds. The zero-order valence-corrected chi connectivity index (χ0v) is 13.1. The quantitative estimate of drug-likeness (QED) is 0.542. The van der Waals surface area contributed by atoms with Crippen molar-refractivity contribution in [1.82, 2.24) is 9.03 Å². The molecule has 4 aromatic rings. The first kappa shape index (κ1) is 13.4. The SMILES string of the molecule is COc1ccc2c(c1)c1c(n3c4ccccc4c(=O)n23)CCC1=O. The van der Waals surface area contributed by atoms with Gasteiger partial charge in [0.1, 0.15) is 5.75 Å². The Balaban J connectivity index is 2.15. The average molecular weight is 318 g/mol. The van der Waals surface area contributed by atoms with E-state index in [9.17, 15) is 9.59 Å². The molecule has 2 heterocycles. The lowest BCUT2D eigenvalue weighted by Crippen LogP contribution is -2.16. The number of aromatic nitrogens is 2. The van der Waals surface area contributed by atoms with Crippen molar-refractivity contribution in [1.29, 1.82) is 0 Å². The van der Waals surface area contributed by atoms with E-state index in [2.05, 4.69) is 0 Å². The summed E-state index contributed by atoms with van der Waals surface area (Å²) >= 11 is 0. The minimum Gasteiger partial charge on any atom is -0.497 e. The van der Waals surface area contributed by atoms with Crippen molar-refractivity contribution in [2.24, 2.45) is 0 Å². The maximum absolute atomic E-state index is 13.0. The molecule has 0 unspecified atom stereocenters. The van der Waals surface area contributed by atoms with Crippen LogP contribution in [0.1, 0.15) is 22.5 Å². The molecule has 0 N–H and O–H groups in total. The zero-order valence-electron chi connectivity index (χ0n) is 13.1. The van der Waals surface area contributed by atoms with E-state index in [1.807, 2.05) is 47.0 Å². The first-order chi connectivity index (χ1) is 11.7. The lowest BCUT2D eigenvalue weighted by molar-refractivity contribution is 0.0996. The third kappa shape index (κ3) is 1.49. The molecule has 1 aliphatic carbocycles. The van der Waals surface area contributed by atoms with Crippen LogP contribution in [0, 0.1) is 0 Å². The number of aryl methyl sites for hydroxylation is 1. The van der Waals surface area contributed by atoms with Crippen molar-refractivity contribution in [2.75, 3.05) is 7.11 Å². The topological polar surface area (TPSA) is 52.2 Å². The fourth-order valence-corrected chi connectivity index (χ4v) is 3.82. The van der Waals surface area contributed by atoms with Gasteiger partial charge in [0.15, 0.2) is 5.78 Å². The van der Waals surface area contributed by atoms with E-state index >= 15 is 0 Å². The van der Waals surface area contributed by atoms with Crippen LogP contribution < -0.4 is 10.3 Å². The summed E-state index contributed by atoms with van der Waals surface area (Å²) in [5, 5.41) is 1.44. The van der Waals surface area contributed by atoms with E-state index in [0.717, 1.165) is 22.1 Å². The van der Waals surface area contributed by atoms with E-state index in [-0.39, 0.29) is 11.3 Å². The summed E-state index contributed by atoms with van der Waals surface area (Å²) in [5.41, 5.74) is 3.11. The van der Waals surface area contributed by atoms with Crippen LogP contribution in [0.2, 0.25) is 0 Å². The minimum atomic E-state index is -0.0667. The summed E-state index contributed by atoms with van der Waals surface area (Å²) in [6, 6.07) is 13.0. The van der Waals surface area contributed by atoms with E-state index < -0.39 is 0 Å². The van der Waals surface area contributed by atoms with Crippen LogP contribution in [0.25, 0.3) is 21.8 Å². The number of Topliss-reactive ketones (excluding diaryl/α,β-unsaturated/α-hetero) is 1. The highest BCUT2D eigenvalue weighted by molar-refractivity contribution is 6.11. The second-order valence-electron chi connectivity index (χ2n) is 6.07. The molecule has 0 saturated heterocycles. The van der Waals surface area contributed by atoms with Crippen molar-refractivity contribution in [3.05, 3.63) is 64.1 Å². The van der Waals surface area contributed by atoms with Crippen LogP contribution in [0.3, 0.4) is 0 Å². The highest BCUT2D eigenvalue weighted by atomic mass is 16.5. The van der Waals surface area contributed by atoms with Crippen LogP contribution in [0.4, 0.5) is 0 Å². The average Bonchev–Trinajstić information content (AvgIpc) is 3.14. The zero-order chi connectivity index (χ0) is 16.4. The Morgan fingerprint density at radius 2 is 1.71 bits per heavy atom. The standard InChI is InChI=1S/C19H14N2O3/c1-24-11-6-7-15-13(10-11)18-16(8-9-17(18)22)20-14-5-3-2-4-12(14)19(23)21(15)20/h2-7,10H,8-9H2,1H3. The Morgan fingerprint density at radius 3 is 2.54 bits per heavy atom. The van der Waals surface area contributed by atoms with Crippen molar-refractivity contribution < 1.29 is 9.53 Å². The molecule has 5 heteroatoms. The van der Waals surface area contributed by atoms with E-state index in [1.165, 1.54) is 0 Å². The number of ether oxygens (including phenoxy) is 1. The first-order valence-corrected chi connectivity index (χ1v) is 7.89. The summed E-state index contributed by atoms with van der Waals surface area (Å²) in [6.07, 6.45) is 1.12. The Kier molecular flexibility index (Phi) is 2.49. The maximum Gasteiger partial charge on any atom is 0.279 e. The molecule has 0 aliphatic heterocycles. The van der Waals surface area contributed by atoms with Gasteiger partial charge in [-0.2, -0.15) is 0 Å². The molecular formula is C19H14N2O3. The number of carbonyl (C=O) groups excluding carboxylic acids is 1. The fraction of sp³-hybridized carbons (Fsp3) is 0.158. The van der Waals surface area contributed by atoms with Gasteiger partial charge in [-0.3, -0.25) is 9.59 Å². The summed E-state index contributed by atoms with van der Waals surface area (Å²) in [6.45, 7) is 0. The highest BCUT2D eigenvalue weighted by Gasteiger charge is 2.28. The van der Waals surface area contributed by atoms with Gasteiger partial charge >= 0.3 is 0 Å². The summed E-state index contributed by atoms with van der Waals surface area (Å²) in [5.74, 6) is 0.800. The molecule has 2 aromatic carbocycles. The molecule has 5 nitrogen and oxygen atoms in total. The van der Waals surface area contributed by atoms with Crippen molar-refractivity contribution in [2.45, 2.75) is 12.8 Å². The molecule has 5 rings (SSSR count). The van der Waals surface area contributed by atoms with Crippen LogP contribution >= 0.6 is 0 Å². The second kappa shape index (κ2) is 4.47. The normalized spacial score (nSPS) is 14.0. The number of para-hydroxylation sites is 1. The molecule has 2 aromatic heterocycles. The number of fused-ring (bicyclic) bond motifs is 8. The monoisotopic (exact) mass is 318 g/mol. The number of benzene rings is 2. The molecule has 0 atom stereocenters. The van der Waals surface area contributed by atoms with E-state index in [0.29, 0.717) is 29.5 Å². The third-order valence-electron chi connectivity index (χ3n) is 4.87. The van der Waals surface area contributed by atoms with Gasteiger partial charge in [-0.15, -0.1) is 0 Å². The van der Waals surface area contributed by atoms with Crippen LogP contribution in [0.5, 0.6) is 5.75 Å². The maximum atomic E-state index is 13.0. The molecule has 118 valence electrons. The number of nitrogens with zero attached hydrogens (tertiary/aromatic N) is 2. The molecule has 1 aliphatic rings. The molecule has 0 spiro atoms. The molecule has 0 fully saturated rings. The van der Waals surface area contributed by atoms with Gasteiger partial charge in [0.25, 0.3) is 5.56 Å². The van der Waals surface area contributed by atoms with Crippen LogP contribution in [-0.4, -0.2) is 21.9 Å². The lowest BCUT2D eigenvalue weighted by Gasteiger charge is -2.12. The Labute approximate surface area is 136 Å². The predicted octanol–water partition coefficient (Wildman–Crippen LogP) is 2.84. The minimum absolute atomic E-state index is 0.0667. The molecule has 0 bridgehead atoms. The largest absolute Gasteiger partial charge is 0.497 e. The summed E-state index contributed by atoms with van der Waals surface area (Å²) in [7, 11) is 1.60. The van der Waals surface area contributed by atoms with Gasteiger partial charge in [0.05, 0.1) is 29.2 Å². The Morgan fingerprint density at radius 1 is 0.917 bits per heavy atom. The van der Waals surface area contributed by atoms with E-state index in [1.54, 1.807) is 11.6 Å². The second-order valence-corrected chi connectivity index (χ2v) is 6.07. The molecule has 24 heavy (non-hydrogen) atoms. The predicted molar refractivity (Wildman–Crippen MR) is 91.3 cm³/mol.